The van der Waals surface area contributed by atoms with E-state index in [0.29, 0.717) is 0 Å². The van der Waals surface area contributed by atoms with Crippen LogP contribution in [0.25, 0.3) is 0 Å². The first-order valence-corrected chi connectivity index (χ1v) is 11.9. The second-order valence-electron chi connectivity index (χ2n) is 8.57. The average molecular weight is 433 g/mol. The van der Waals surface area contributed by atoms with Gasteiger partial charge in [0.15, 0.2) is 5.13 Å². The molecule has 4 rings (SSSR count). The van der Waals surface area contributed by atoms with Gasteiger partial charge in [0.05, 0.1) is 13.2 Å². The molecule has 1 aromatic carbocycles. The predicted molar refractivity (Wildman–Crippen MR) is 121 cm³/mol. The van der Waals surface area contributed by atoms with Crippen molar-refractivity contribution in [3.05, 3.63) is 46.7 Å². The maximum atomic E-state index is 13.0. The van der Waals surface area contributed by atoms with Gasteiger partial charge in [-0.25, -0.2) is 9.37 Å². The highest BCUT2D eigenvalue weighted by Crippen LogP contribution is 2.25. The molecule has 5 nitrogen and oxygen atoms in total. The largest absolute Gasteiger partial charge is 0.378 e. The lowest BCUT2D eigenvalue weighted by Gasteiger charge is -2.33. The Kier molecular flexibility index (Phi) is 7.71. The summed E-state index contributed by atoms with van der Waals surface area (Å²) in [5.41, 5.74) is 1.22. The van der Waals surface area contributed by atoms with E-state index in [4.69, 9.17) is 4.74 Å². The number of likely N-dealkylation sites (tertiary alicyclic amines) is 1. The number of hydrogen-bond donors (Lipinski definition) is 0. The normalized spacial score (nSPS) is 19.0. The van der Waals surface area contributed by atoms with Crippen LogP contribution in [0.5, 0.6) is 0 Å². The summed E-state index contributed by atoms with van der Waals surface area (Å²) in [6, 6.07) is 6.93. The van der Waals surface area contributed by atoms with Crippen molar-refractivity contribution in [3.8, 4) is 0 Å². The lowest BCUT2D eigenvalue weighted by atomic mass is 9.96. The van der Waals surface area contributed by atoms with Crippen LogP contribution in [0.15, 0.2) is 30.5 Å². The van der Waals surface area contributed by atoms with Crippen LogP contribution in [-0.2, 0) is 17.7 Å². The first-order chi connectivity index (χ1) is 14.7. The van der Waals surface area contributed by atoms with Crippen molar-refractivity contribution >= 4 is 16.5 Å². The van der Waals surface area contributed by atoms with Gasteiger partial charge in [0, 0.05) is 43.8 Å². The van der Waals surface area contributed by atoms with Crippen LogP contribution in [0.4, 0.5) is 9.52 Å². The lowest BCUT2D eigenvalue weighted by Crippen LogP contribution is -2.38. The standard InChI is InChI=1S/C23H33FN4OS/c1-26(18-22-16-25-23(30-22)28-12-14-29-15-13-28)17-20-7-10-27(11-8-20)9-6-19-2-4-21(24)5-3-19/h2-5,16,20H,6-15,17-18H2,1H3. The van der Waals surface area contributed by atoms with Crippen molar-refractivity contribution < 1.29 is 9.13 Å². The number of morpholine rings is 1. The van der Waals surface area contributed by atoms with Crippen molar-refractivity contribution in [1.29, 1.82) is 0 Å². The van der Waals surface area contributed by atoms with Crippen LogP contribution >= 0.6 is 11.3 Å². The Balaban J connectivity index is 1.16. The Bertz CT molecular complexity index is 770. The quantitative estimate of drug-likeness (QED) is 0.637. The van der Waals surface area contributed by atoms with Gasteiger partial charge in [0.2, 0.25) is 0 Å². The molecule has 2 aromatic rings. The molecule has 0 atom stereocenters. The number of benzene rings is 1. The van der Waals surface area contributed by atoms with Gasteiger partial charge in [-0.15, -0.1) is 11.3 Å². The van der Waals surface area contributed by atoms with Crippen molar-refractivity contribution in [2.75, 3.05) is 64.4 Å². The van der Waals surface area contributed by atoms with E-state index in [-0.39, 0.29) is 5.82 Å². The number of ether oxygens (including phenoxy) is 1. The maximum Gasteiger partial charge on any atom is 0.185 e. The fourth-order valence-electron chi connectivity index (χ4n) is 4.37. The summed E-state index contributed by atoms with van der Waals surface area (Å²) in [5.74, 6) is 0.614. The predicted octanol–water partition coefficient (Wildman–Crippen LogP) is 3.51. The summed E-state index contributed by atoms with van der Waals surface area (Å²) in [4.78, 5) is 13.3. The Morgan fingerprint density at radius 2 is 1.87 bits per heavy atom. The fraction of sp³-hybridized carbons (Fsp3) is 0.609. The van der Waals surface area contributed by atoms with E-state index in [1.165, 1.54) is 36.4 Å². The molecule has 0 unspecified atom stereocenters. The van der Waals surface area contributed by atoms with Gasteiger partial charge in [-0.1, -0.05) is 12.1 Å². The first kappa shape index (κ1) is 21.7. The highest BCUT2D eigenvalue weighted by atomic mass is 32.1. The minimum Gasteiger partial charge on any atom is -0.378 e. The molecule has 164 valence electrons. The van der Waals surface area contributed by atoms with E-state index in [2.05, 4.69) is 26.7 Å². The molecule has 0 N–H and O–H groups in total. The van der Waals surface area contributed by atoms with Gasteiger partial charge in [-0.3, -0.25) is 0 Å². The second kappa shape index (κ2) is 10.7. The Morgan fingerprint density at radius 3 is 2.60 bits per heavy atom. The number of halogens is 1. The van der Waals surface area contributed by atoms with Gasteiger partial charge >= 0.3 is 0 Å². The number of thiazole rings is 1. The van der Waals surface area contributed by atoms with Gasteiger partial charge in [-0.05, 0) is 63.0 Å². The van der Waals surface area contributed by atoms with E-state index >= 15 is 0 Å². The molecule has 2 fully saturated rings. The minimum absolute atomic E-state index is 0.153. The van der Waals surface area contributed by atoms with Gasteiger partial charge in [0.25, 0.3) is 0 Å². The molecule has 3 heterocycles. The first-order valence-electron chi connectivity index (χ1n) is 11.1. The fourth-order valence-corrected chi connectivity index (χ4v) is 5.42. The topological polar surface area (TPSA) is 31.8 Å². The highest BCUT2D eigenvalue weighted by molar-refractivity contribution is 7.15. The smallest absolute Gasteiger partial charge is 0.185 e. The van der Waals surface area contributed by atoms with Crippen LogP contribution in [0.3, 0.4) is 0 Å². The number of hydrogen-bond acceptors (Lipinski definition) is 6. The highest BCUT2D eigenvalue weighted by Gasteiger charge is 2.21. The van der Waals surface area contributed by atoms with Crippen molar-refractivity contribution in [1.82, 2.24) is 14.8 Å². The Hall–Kier alpha value is -1.54. The van der Waals surface area contributed by atoms with Crippen molar-refractivity contribution in [2.45, 2.75) is 25.8 Å². The van der Waals surface area contributed by atoms with E-state index in [1.807, 2.05) is 29.7 Å². The zero-order chi connectivity index (χ0) is 20.8. The Morgan fingerprint density at radius 1 is 1.13 bits per heavy atom. The van der Waals surface area contributed by atoms with Crippen LogP contribution in [-0.4, -0.2) is 74.3 Å². The molecule has 30 heavy (non-hydrogen) atoms. The number of nitrogens with zero attached hydrogens (tertiary/aromatic N) is 4. The summed E-state index contributed by atoms with van der Waals surface area (Å²) in [7, 11) is 2.23. The molecule has 0 amide bonds. The molecular weight excluding hydrogens is 399 g/mol. The third-order valence-electron chi connectivity index (χ3n) is 6.16. The molecule has 2 aliphatic heterocycles. The number of piperidine rings is 1. The maximum absolute atomic E-state index is 13.0. The summed E-state index contributed by atoms with van der Waals surface area (Å²) in [5, 5.41) is 1.14. The zero-order valence-corrected chi connectivity index (χ0v) is 18.7. The van der Waals surface area contributed by atoms with Crippen LogP contribution in [0.1, 0.15) is 23.3 Å². The Labute approximate surface area is 183 Å². The van der Waals surface area contributed by atoms with Crippen LogP contribution < -0.4 is 4.90 Å². The molecule has 2 saturated heterocycles. The third-order valence-corrected chi connectivity index (χ3v) is 7.20. The molecule has 0 radical (unpaired) electrons. The summed E-state index contributed by atoms with van der Waals surface area (Å²) >= 11 is 1.82. The summed E-state index contributed by atoms with van der Waals surface area (Å²) in [6.45, 7) is 9.03. The second-order valence-corrected chi connectivity index (χ2v) is 9.66. The average Bonchev–Trinajstić information content (AvgIpc) is 3.23. The number of aromatic nitrogens is 1. The molecule has 7 heteroatoms. The molecule has 1 aromatic heterocycles. The van der Waals surface area contributed by atoms with E-state index in [9.17, 15) is 4.39 Å². The summed E-state index contributed by atoms with van der Waals surface area (Å²) in [6.07, 6.45) is 5.57. The van der Waals surface area contributed by atoms with Gasteiger partial charge < -0.3 is 19.4 Å². The lowest BCUT2D eigenvalue weighted by molar-refractivity contribution is 0.122. The van der Waals surface area contributed by atoms with E-state index in [1.54, 1.807) is 12.1 Å². The van der Waals surface area contributed by atoms with Gasteiger partial charge in [0.1, 0.15) is 5.82 Å². The molecular formula is C23H33FN4OS. The summed E-state index contributed by atoms with van der Waals surface area (Å²) < 4.78 is 18.5. The van der Waals surface area contributed by atoms with Gasteiger partial charge in [-0.2, -0.15) is 0 Å². The molecule has 0 spiro atoms. The van der Waals surface area contributed by atoms with Crippen molar-refractivity contribution in [3.63, 3.8) is 0 Å². The third kappa shape index (κ3) is 6.23. The zero-order valence-electron chi connectivity index (χ0n) is 17.9. The molecule has 2 aliphatic rings. The molecule has 0 bridgehead atoms. The monoisotopic (exact) mass is 432 g/mol. The van der Waals surface area contributed by atoms with E-state index in [0.717, 1.165) is 63.4 Å². The molecule has 0 aliphatic carbocycles. The SMILES string of the molecule is CN(Cc1cnc(N2CCOCC2)s1)CC1CCN(CCc2ccc(F)cc2)CC1. The van der Waals surface area contributed by atoms with Crippen molar-refractivity contribution in [2.24, 2.45) is 5.92 Å². The van der Waals surface area contributed by atoms with Crippen LogP contribution in [0.2, 0.25) is 0 Å². The molecule has 0 saturated carbocycles. The number of anilines is 1. The van der Waals surface area contributed by atoms with Crippen LogP contribution in [0, 0.1) is 11.7 Å². The minimum atomic E-state index is -0.153. The number of rotatable bonds is 8. The van der Waals surface area contributed by atoms with E-state index < -0.39 is 0 Å².